The van der Waals surface area contributed by atoms with Crippen molar-refractivity contribution in [2.24, 2.45) is 0 Å². The van der Waals surface area contributed by atoms with Gasteiger partial charge in [-0.2, -0.15) is 0 Å². The van der Waals surface area contributed by atoms with Crippen LogP contribution in [-0.4, -0.2) is 42.5 Å². The van der Waals surface area contributed by atoms with Crippen LogP contribution < -0.4 is 10.1 Å². The second-order valence-electron chi connectivity index (χ2n) is 5.21. The van der Waals surface area contributed by atoms with Crippen molar-refractivity contribution in [1.29, 1.82) is 0 Å². The van der Waals surface area contributed by atoms with E-state index < -0.39 is 5.82 Å². The lowest BCUT2D eigenvalue weighted by Crippen LogP contribution is -2.47. The smallest absolute Gasteiger partial charge is 0.258 e. The number of amides is 2. The number of benzene rings is 1. The van der Waals surface area contributed by atoms with E-state index in [1.165, 1.54) is 19.1 Å². The summed E-state index contributed by atoms with van der Waals surface area (Å²) in [6, 6.07) is 3.76. The van der Waals surface area contributed by atoms with Gasteiger partial charge < -0.3 is 15.0 Å². The first-order valence-corrected chi connectivity index (χ1v) is 7.46. The van der Waals surface area contributed by atoms with Crippen LogP contribution in [-0.2, 0) is 9.59 Å². The lowest BCUT2D eigenvalue weighted by molar-refractivity contribution is -0.130. The monoisotopic (exact) mass is 328 g/mol. The van der Waals surface area contributed by atoms with Gasteiger partial charge in [-0.3, -0.25) is 9.59 Å². The number of ether oxygens (including phenoxy) is 1. The van der Waals surface area contributed by atoms with Gasteiger partial charge in [0.25, 0.3) is 5.91 Å². The van der Waals surface area contributed by atoms with E-state index in [1.807, 2.05) is 0 Å². The van der Waals surface area contributed by atoms with E-state index in [0.717, 1.165) is 6.07 Å². The van der Waals surface area contributed by atoms with Crippen LogP contribution in [0.25, 0.3) is 0 Å². The largest absolute Gasteiger partial charge is 0.482 e. The molecule has 1 aliphatic rings. The van der Waals surface area contributed by atoms with E-state index >= 15 is 0 Å². The highest BCUT2D eigenvalue weighted by molar-refractivity contribution is 6.32. The summed E-state index contributed by atoms with van der Waals surface area (Å²) >= 11 is 5.86. The Hall–Kier alpha value is -1.82. The van der Waals surface area contributed by atoms with Crippen LogP contribution in [0.2, 0.25) is 5.02 Å². The molecule has 1 N–H and O–H groups in total. The third-order valence-electron chi connectivity index (χ3n) is 3.56. The van der Waals surface area contributed by atoms with Crippen LogP contribution in [0.4, 0.5) is 4.39 Å². The minimum absolute atomic E-state index is 0.0229. The molecule has 7 heteroatoms. The fourth-order valence-electron chi connectivity index (χ4n) is 2.34. The predicted molar refractivity (Wildman–Crippen MR) is 80.3 cm³/mol. The average Bonchev–Trinajstić information content (AvgIpc) is 2.49. The second kappa shape index (κ2) is 7.45. The van der Waals surface area contributed by atoms with Crippen LogP contribution >= 0.6 is 11.6 Å². The first-order valence-electron chi connectivity index (χ1n) is 7.08. The number of likely N-dealkylation sites (tertiary alicyclic amines) is 1. The minimum Gasteiger partial charge on any atom is -0.482 e. The maximum Gasteiger partial charge on any atom is 0.258 e. The highest BCUT2D eigenvalue weighted by Crippen LogP contribution is 2.24. The summed E-state index contributed by atoms with van der Waals surface area (Å²) in [6.07, 6.45) is 1.43. The Morgan fingerprint density at radius 3 is 2.73 bits per heavy atom. The molecule has 5 nitrogen and oxygen atoms in total. The molecular weight excluding hydrogens is 311 g/mol. The van der Waals surface area contributed by atoms with Crippen molar-refractivity contribution in [2.45, 2.75) is 25.8 Å². The number of hydrogen-bond acceptors (Lipinski definition) is 3. The molecule has 0 aliphatic carbocycles. The molecule has 1 fully saturated rings. The highest BCUT2D eigenvalue weighted by Gasteiger charge is 2.22. The Kier molecular flexibility index (Phi) is 5.60. The second-order valence-corrected chi connectivity index (χ2v) is 5.62. The zero-order valence-corrected chi connectivity index (χ0v) is 13.0. The Morgan fingerprint density at radius 2 is 2.09 bits per heavy atom. The summed E-state index contributed by atoms with van der Waals surface area (Å²) in [5, 5.41) is 3.10. The van der Waals surface area contributed by atoms with Gasteiger partial charge in [0.1, 0.15) is 11.6 Å². The van der Waals surface area contributed by atoms with Crippen LogP contribution in [0, 0.1) is 5.82 Å². The fraction of sp³-hybridized carbons (Fsp3) is 0.467. The number of rotatable bonds is 4. The molecule has 0 spiro atoms. The molecule has 22 heavy (non-hydrogen) atoms. The number of piperidine rings is 1. The van der Waals surface area contributed by atoms with Crippen molar-refractivity contribution in [1.82, 2.24) is 10.2 Å². The first kappa shape index (κ1) is 16.5. The van der Waals surface area contributed by atoms with E-state index in [9.17, 15) is 14.0 Å². The quantitative estimate of drug-likeness (QED) is 0.919. The summed E-state index contributed by atoms with van der Waals surface area (Å²) in [5.41, 5.74) is 0. The normalized spacial score (nSPS) is 15.5. The zero-order chi connectivity index (χ0) is 16.1. The molecule has 0 radical (unpaired) electrons. The molecule has 1 aliphatic heterocycles. The number of halogens is 2. The number of carbonyl (C=O) groups is 2. The number of nitrogens with one attached hydrogen (secondary N) is 1. The standard InChI is InChI=1S/C15H18ClFN2O3/c1-10(20)19-6-4-12(5-7-19)18-15(21)9-22-14-8-11(17)2-3-13(14)16/h2-3,8,12H,4-7,9H2,1H3,(H,18,21). The molecule has 0 unspecified atom stereocenters. The maximum absolute atomic E-state index is 13.1. The molecule has 2 amide bonds. The van der Waals surface area contributed by atoms with Crippen LogP contribution in [0.5, 0.6) is 5.75 Å². The van der Waals surface area contributed by atoms with E-state index in [-0.39, 0.29) is 35.2 Å². The van der Waals surface area contributed by atoms with Crippen LogP contribution in [0.1, 0.15) is 19.8 Å². The topological polar surface area (TPSA) is 58.6 Å². The van der Waals surface area contributed by atoms with Gasteiger partial charge >= 0.3 is 0 Å². The molecule has 2 rings (SSSR count). The van der Waals surface area contributed by atoms with Crippen molar-refractivity contribution in [3.63, 3.8) is 0 Å². The SMILES string of the molecule is CC(=O)N1CCC(NC(=O)COc2cc(F)ccc2Cl)CC1. The molecule has 0 bridgehead atoms. The van der Waals surface area contributed by atoms with Gasteiger partial charge in [-0.25, -0.2) is 4.39 Å². The first-order chi connectivity index (χ1) is 10.5. The molecule has 1 aromatic rings. The summed E-state index contributed by atoms with van der Waals surface area (Å²) in [7, 11) is 0. The van der Waals surface area contributed by atoms with E-state index in [2.05, 4.69) is 5.32 Å². The van der Waals surface area contributed by atoms with Crippen molar-refractivity contribution in [2.75, 3.05) is 19.7 Å². The van der Waals surface area contributed by atoms with Crippen molar-refractivity contribution < 1.29 is 18.7 Å². The molecule has 0 atom stereocenters. The molecular formula is C15H18ClFN2O3. The lowest BCUT2D eigenvalue weighted by Gasteiger charge is -2.31. The van der Waals surface area contributed by atoms with E-state index in [4.69, 9.17) is 16.3 Å². The van der Waals surface area contributed by atoms with Gasteiger partial charge in [-0.15, -0.1) is 0 Å². The van der Waals surface area contributed by atoms with E-state index in [1.54, 1.807) is 4.90 Å². The van der Waals surface area contributed by atoms with Gasteiger partial charge in [-0.05, 0) is 25.0 Å². The van der Waals surface area contributed by atoms with Crippen molar-refractivity contribution >= 4 is 23.4 Å². The van der Waals surface area contributed by atoms with Crippen LogP contribution in [0.3, 0.4) is 0 Å². The molecule has 1 aromatic carbocycles. The minimum atomic E-state index is -0.476. The maximum atomic E-state index is 13.1. The predicted octanol–water partition coefficient (Wildman–Crippen LogP) is 1.98. The van der Waals surface area contributed by atoms with Gasteiger partial charge in [-0.1, -0.05) is 11.6 Å². The fourth-order valence-corrected chi connectivity index (χ4v) is 2.51. The number of hydrogen-bond donors (Lipinski definition) is 1. The average molecular weight is 329 g/mol. The Labute approximate surface area is 133 Å². The van der Waals surface area contributed by atoms with Gasteiger partial charge in [0.05, 0.1) is 5.02 Å². The summed E-state index contributed by atoms with van der Waals surface area (Å²) in [4.78, 5) is 24.8. The Bertz CT molecular complexity index is 560. The zero-order valence-electron chi connectivity index (χ0n) is 12.3. The summed E-state index contributed by atoms with van der Waals surface area (Å²) < 4.78 is 18.3. The number of nitrogens with zero attached hydrogens (tertiary/aromatic N) is 1. The molecule has 1 saturated heterocycles. The van der Waals surface area contributed by atoms with E-state index in [0.29, 0.717) is 25.9 Å². The van der Waals surface area contributed by atoms with Crippen LogP contribution in [0.15, 0.2) is 18.2 Å². The Morgan fingerprint density at radius 1 is 1.41 bits per heavy atom. The summed E-state index contributed by atoms with van der Waals surface area (Å²) in [6.45, 7) is 2.58. The third-order valence-corrected chi connectivity index (χ3v) is 3.87. The number of carbonyl (C=O) groups excluding carboxylic acids is 2. The van der Waals surface area contributed by atoms with Gasteiger partial charge in [0.15, 0.2) is 6.61 Å². The third kappa shape index (κ3) is 4.59. The summed E-state index contributed by atoms with van der Waals surface area (Å²) in [5.74, 6) is -0.574. The molecule has 1 heterocycles. The van der Waals surface area contributed by atoms with Gasteiger partial charge in [0, 0.05) is 32.1 Å². The van der Waals surface area contributed by atoms with Crippen molar-refractivity contribution in [3.05, 3.63) is 29.0 Å². The lowest BCUT2D eigenvalue weighted by atomic mass is 10.1. The van der Waals surface area contributed by atoms with Crippen molar-refractivity contribution in [3.8, 4) is 5.75 Å². The molecule has 0 aromatic heterocycles. The molecule has 120 valence electrons. The van der Waals surface area contributed by atoms with Gasteiger partial charge in [0.2, 0.25) is 5.91 Å². The highest BCUT2D eigenvalue weighted by atomic mass is 35.5. The molecule has 0 saturated carbocycles. The Balaban J connectivity index is 1.77.